The van der Waals surface area contributed by atoms with E-state index in [4.69, 9.17) is 5.73 Å². The van der Waals surface area contributed by atoms with Crippen LogP contribution in [0.15, 0.2) is 0 Å². The smallest absolute Gasteiger partial charge is 0.180 e. The van der Waals surface area contributed by atoms with Crippen LogP contribution in [0.5, 0.6) is 0 Å². The predicted molar refractivity (Wildman–Crippen MR) is 43.9 cm³/mol. The molecular formula is C5H7BrN2S. The zero-order chi connectivity index (χ0) is 6.85. The SMILES string of the molecule is Cc1sc(N)nc1CBr. The van der Waals surface area contributed by atoms with E-state index in [9.17, 15) is 0 Å². The fourth-order valence-corrected chi connectivity index (χ4v) is 2.01. The first-order valence-electron chi connectivity index (χ1n) is 2.51. The number of nitrogens with zero attached hydrogens (tertiary/aromatic N) is 1. The zero-order valence-corrected chi connectivity index (χ0v) is 7.42. The van der Waals surface area contributed by atoms with Crippen LogP contribution in [0.2, 0.25) is 0 Å². The summed E-state index contributed by atoms with van der Waals surface area (Å²) >= 11 is 4.84. The van der Waals surface area contributed by atoms with Crippen LogP contribution in [0.25, 0.3) is 0 Å². The zero-order valence-electron chi connectivity index (χ0n) is 5.02. The van der Waals surface area contributed by atoms with Crippen LogP contribution in [0.1, 0.15) is 10.6 Å². The van der Waals surface area contributed by atoms with Crippen LogP contribution >= 0.6 is 27.3 Å². The average molecular weight is 207 g/mol. The minimum Gasteiger partial charge on any atom is -0.375 e. The molecule has 0 radical (unpaired) electrons. The summed E-state index contributed by atoms with van der Waals surface area (Å²) in [6.07, 6.45) is 0. The van der Waals surface area contributed by atoms with E-state index < -0.39 is 0 Å². The average Bonchev–Trinajstić information content (AvgIpc) is 2.10. The molecule has 1 aromatic heterocycles. The van der Waals surface area contributed by atoms with Gasteiger partial charge in [-0.15, -0.1) is 11.3 Å². The van der Waals surface area contributed by atoms with Gasteiger partial charge in [0.2, 0.25) is 0 Å². The molecule has 4 heteroatoms. The van der Waals surface area contributed by atoms with Crippen LogP contribution in [-0.2, 0) is 5.33 Å². The lowest BCUT2D eigenvalue weighted by atomic mass is 10.4. The van der Waals surface area contributed by atoms with E-state index in [2.05, 4.69) is 20.9 Å². The van der Waals surface area contributed by atoms with Crippen molar-refractivity contribution in [1.29, 1.82) is 0 Å². The van der Waals surface area contributed by atoms with E-state index in [1.165, 1.54) is 16.2 Å². The molecule has 2 N–H and O–H groups in total. The van der Waals surface area contributed by atoms with Gasteiger partial charge < -0.3 is 5.73 Å². The largest absolute Gasteiger partial charge is 0.375 e. The standard InChI is InChI=1S/C5H7BrN2S/c1-3-4(2-6)8-5(7)9-3/h2H2,1H3,(H2,7,8). The Hall–Kier alpha value is -0.0900. The quantitative estimate of drug-likeness (QED) is 0.714. The number of nitrogen functional groups attached to an aromatic ring is 1. The number of aryl methyl sites for hydroxylation is 1. The third kappa shape index (κ3) is 1.43. The van der Waals surface area contributed by atoms with E-state index in [0.29, 0.717) is 5.13 Å². The summed E-state index contributed by atoms with van der Waals surface area (Å²) in [5, 5.41) is 1.45. The lowest BCUT2D eigenvalue weighted by Crippen LogP contribution is -1.83. The van der Waals surface area contributed by atoms with Crippen molar-refractivity contribution in [3.63, 3.8) is 0 Å². The Bertz CT molecular complexity index is 209. The van der Waals surface area contributed by atoms with Crippen LogP contribution < -0.4 is 5.73 Å². The predicted octanol–water partition coefficient (Wildman–Crippen LogP) is 1.93. The van der Waals surface area contributed by atoms with Crippen molar-refractivity contribution < 1.29 is 0 Å². The van der Waals surface area contributed by atoms with Gasteiger partial charge in [0.05, 0.1) is 5.69 Å². The molecule has 2 nitrogen and oxygen atoms in total. The summed E-state index contributed by atoms with van der Waals surface area (Å²) < 4.78 is 0. The second-order valence-corrected chi connectivity index (χ2v) is 3.48. The Morgan fingerprint density at radius 2 is 2.44 bits per heavy atom. The van der Waals surface area contributed by atoms with Gasteiger partial charge in [-0.3, -0.25) is 0 Å². The molecule has 0 atom stereocenters. The molecule has 1 aromatic rings. The van der Waals surface area contributed by atoms with E-state index in [1.807, 2.05) is 6.92 Å². The van der Waals surface area contributed by atoms with Gasteiger partial charge in [-0.2, -0.15) is 0 Å². The van der Waals surface area contributed by atoms with Crippen molar-refractivity contribution in [3.8, 4) is 0 Å². The van der Waals surface area contributed by atoms with Gasteiger partial charge in [0.15, 0.2) is 5.13 Å². The van der Waals surface area contributed by atoms with Crippen LogP contribution in [-0.4, -0.2) is 4.98 Å². The first kappa shape index (κ1) is 7.02. The normalized spacial score (nSPS) is 10.0. The number of alkyl halides is 1. The summed E-state index contributed by atoms with van der Waals surface area (Å²) in [5.41, 5.74) is 6.49. The van der Waals surface area contributed by atoms with E-state index in [1.54, 1.807) is 0 Å². The summed E-state index contributed by atoms with van der Waals surface area (Å²) in [7, 11) is 0. The highest BCUT2D eigenvalue weighted by atomic mass is 79.9. The highest BCUT2D eigenvalue weighted by Crippen LogP contribution is 2.20. The molecule has 0 aliphatic carbocycles. The van der Waals surface area contributed by atoms with Gasteiger partial charge >= 0.3 is 0 Å². The summed E-state index contributed by atoms with van der Waals surface area (Å²) in [4.78, 5) is 5.28. The maximum atomic E-state index is 5.44. The fourth-order valence-electron chi connectivity index (χ4n) is 0.574. The lowest BCUT2D eigenvalue weighted by Gasteiger charge is -1.84. The summed E-state index contributed by atoms with van der Waals surface area (Å²) in [6.45, 7) is 2.02. The molecule has 0 aromatic carbocycles. The van der Waals surface area contributed by atoms with E-state index in [-0.39, 0.29) is 0 Å². The summed E-state index contributed by atoms with van der Waals surface area (Å²) in [6, 6.07) is 0. The number of aromatic nitrogens is 1. The maximum absolute atomic E-state index is 5.44. The Balaban J connectivity index is 3.01. The van der Waals surface area contributed by atoms with Crippen molar-refractivity contribution in [2.45, 2.75) is 12.3 Å². The first-order chi connectivity index (χ1) is 4.24. The van der Waals surface area contributed by atoms with Crippen molar-refractivity contribution in [3.05, 3.63) is 10.6 Å². The Morgan fingerprint density at radius 3 is 2.67 bits per heavy atom. The molecular weight excluding hydrogens is 200 g/mol. The van der Waals surface area contributed by atoms with E-state index >= 15 is 0 Å². The summed E-state index contributed by atoms with van der Waals surface area (Å²) in [5.74, 6) is 0. The second-order valence-electron chi connectivity index (χ2n) is 1.69. The van der Waals surface area contributed by atoms with Gasteiger partial charge in [-0.25, -0.2) is 4.98 Å². The molecule has 50 valence electrons. The van der Waals surface area contributed by atoms with Crippen LogP contribution in [0.3, 0.4) is 0 Å². The van der Waals surface area contributed by atoms with Crippen molar-refractivity contribution in [1.82, 2.24) is 4.98 Å². The molecule has 0 amide bonds. The maximum Gasteiger partial charge on any atom is 0.180 e. The van der Waals surface area contributed by atoms with Gasteiger partial charge in [-0.05, 0) is 6.92 Å². The lowest BCUT2D eigenvalue weighted by molar-refractivity contribution is 1.22. The molecule has 1 heterocycles. The Kier molecular flexibility index (Phi) is 2.08. The number of hydrogen-bond acceptors (Lipinski definition) is 3. The second kappa shape index (κ2) is 2.66. The minimum absolute atomic E-state index is 0.655. The van der Waals surface area contributed by atoms with Gasteiger partial charge in [-0.1, -0.05) is 15.9 Å². The number of nitrogens with two attached hydrogens (primary N) is 1. The molecule has 9 heavy (non-hydrogen) atoms. The fraction of sp³-hybridized carbons (Fsp3) is 0.400. The molecule has 0 saturated heterocycles. The molecule has 0 fully saturated rings. The minimum atomic E-state index is 0.655. The molecule has 0 saturated carbocycles. The molecule has 0 aliphatic heterocycles. The van der Waals surface area contributed by atoms with Crippen molar-refractivity contribution >= 4 is 32.4 Å². The van der Waals surface area contributed by atoms with Crippen molar-refractivity contribution in [2.75, 3.05) is 5.73 Å². The van der Waals surface area contributed by atoms with Crippen molar-refractivity contribution in [2.24, 2.45) is 0 Å². The Morgan fingerprint density at radius 1 is 1.78 bits per heavy atom. The molecule has 0 bridgehead atoms. The van der Waals surface area contributed by atoms with E-state index in [0.717, 1.165) is 11.0 Å². The van der Waals surface area contributed by atoms with Gasteiger partial charge in [0.1, 0.15) is 0 Å². The van der Waals surface area contributed by atoms with Crippen LogP contribution in [0.4, 0.5) is 5.13 Å². The number of thiazole rings is 1. The Labute approximate surface area is 66.2 Å². The number of rotatable bonds is 1. The molecule has 0 unspecified atom stereocenters. The molecule has 0 aliphatic rings. The number of halogens is 1. The number of anilines is 1. The monoisotopic (exact) mass is 206 g/mol. The molecule has 0 spiro atoms. The van der Waals surface area contributed by atoms with Crippen LogP contribution in [0, 0.1) is 6.92 Å². The third-order valence-electron chi connectivity index (χ3n) is 1.04. The first-order valence-corrected chi connectivity index (χ1v) is 4.45. The highest BCUT2D eigenvalue weighted by molar-refractivity contribution is 9.08. The topological polar surface area (TPSA) is 38.9 Å². The highest BCUT2D eigenvalue weighted by Gasteiger charge is 2.01. The van der Waals surface area contributed by atoms with Gasteiger partial charge in [0.25, 0.3) is 0 Å². The number of hydrogen-bond donors (Lipinski definition) is 1. The van der Waals surface area contributed by atoms with Gasteiger partial charge in [0, 0.05) is 10.2 Å². The third-order valence-corrected chi connectivity index (χ3v) is 2.41. The molecule has 1 rings (SSSR count).